The molecule has 0 spiro atoms. The van der Waals surface area contributed by atoms with Gasteiger partial charge in [-0.2, -0.15) is 4.73 Å². The molecule has 1 heterocycles. The van der Waals surface area contributed by atoms with Gasteiger partial charge in [-0.05, 0) is 23.8 Å². The maximum atomic E-state index is 11.4. The van der Waals surface area contributed by atoms with Gasteiger partial charge < -0.3 is 5.21 Å². The first kappa shape index (κ1) is 12.6. The van der Waals surface area contributed by atoms with Crippen molar-refractivity contribution in [3.8, 4) is 0 Å². The summed E-state index contributed by atoms with van der Waals surface area (Å²) in [5, 5.41) is 13.3. The molecule has 0 radical (unpaired) electrons. The van der Waals surface area contributed by atoms with Crippen molar-refractivity contribution in [1.29, 1.82) is 0 Å². The van der Waals surface area contributed by atoms with Gasteiger partial charge in [0.1, 0.15) is 0 Å². The molecule has 0 aliphatic heterocycles. The van der Waals surface area contributed by atoms with Gasteiger partial charge in [-0.3, -0.25) is 0 Å². The fourth-order valence-corrected chi connectivity index (χ4v) is 2.79. The molecule has 2 aromatic rings. The lowest BCUT2D eigenvalue weighted by atomic mass is 10.2. The second kappa shape index (κ2) is 5.63. The van der Waals surface area contributed by atoms with E-state index in [0.717, 1.165) is 10.3 Å². The fourth-order valence-electron chi connectivity index (χ4n) is 1.31. The van der Waals surface area contributed by atoms with E-state index in [1.165, 1.54) is 18.0 Å². The molecule has 0 aliphatic rings. The summed E-state index contributed by atoms with van der Waals surface area (Å²) in [5.74, 6) is 0.641. The minimum Gasteiger partial charge on any atom is -0.618 e. The van der Waals surface area contributed by atoms with Crippen molar-refractivity contribution in [2.24, 2.45) is 0 Å². The largest absolute Gasteiger partial charge is 0.618 e. The van der Waals surface area contributed by atoms with Gasteiger partial charge in [0.15, 0.2) is 6.20 Å². The molecule has 2 nitrogen and oxygen atoms in total. The summed E-state index contributed by atoms with van der Waals surface area (Å²) in [6.07, 6.45) is 1.48. The van der Waals surface area contributed by atoms with Crippen LogP contribution in [0, 0.1) is 5.21 Å². The Morgan fingerprint density at radius 1 is 1.18 bits per heavy atom. The Labute approximate surface area is 114 Å². The van der Waals surface area contributed by atoms with Crippen molar-refractivity contribution >= 4 is 35.0 Å². The molecule has 1 aromatic heterocycles. The van der Waals surface area contributed by atoms with E-state index in [2.05, 4.69) is 0 Å². The van der Waals surface area contributed by atoms with Crippen LogP contribution in [-0.2, 0) is 5.75 Å². The smallest absolute Gasteiger partial charge is 0.251 e. The zero-order valence-electron chi connectivity index (χ0n) is 8.77. The lowest BCUT2D eigenvalue weighted by Gasteiger charge is -2.05. The molecule has 0 aliphatic carbocycles. The summed E-state index contributed by atoms with van der Waals surface area (Å²) < 4.78 is 0.842. The minimum absolute atomic E-state index is 0.613. The van der Waals surface area contributed by atoms with E-state index in [9.17, 15) is 5.21 Å². The van der Waals surface area contributed by atoms with Gasteiger partial charge in [0.25, 0.3) is 5.03 Å². The molecule has 0 unspecified atom stereocenters. The highest BCUT2D eigenvalue weighted by Gasteiger charge is 2.07. The second-order valence-electron chi connectivity index (χ2n) is 3.39. The number of halogens is 2. The molecule has 0 saturated carbocycles. The van der Waals surface area contributed by atoms with E-state index >= 15 is 0 Å². The minimum atomic E-state index is 0.613. The van der Waals surface area contributed by atoms with E-state index in [1.807, 2.05) is 12.1 Å². The van der Waals surface area contributed by atoms with Crippen molar-refractivity contribution in [3.05, 3.63) is 63.4 Å². The number of aromatic nitrogens is 1. The fraction of sp³-hybridized carbons (Fsp3) is 0.0833. The molecule has 1 aromatic carbocycles. The maximum absolute atomic E-state index is 11.4. The van der Waals surface area contributed by atoms with Crippen molar-refractivity contribution in [2.75, 3.05) is 0 Å². The van der Waals surface area contributed by atoms with Crippen LogP contribution in [0.4, 0.5) is 0 Å². The predicted molar refractivity (Wildman–Crippen MR) is 71.4 cm³/mol. The third kappa shape index (κ3) is 3.28. The van der Waals surface area contributed by atoms with Gasteiger partial charge in [0, 0.05) is 27.9 Å². The molecule has 5 heteroatoms. The molecular formula is C12H9Cl2NOS. The van der Waals surface area contributed by atoms with Gasteiger partial charge in [0.05, 0.1) is 0 Å². The Kier molecular flexibility index (Phi) is 4.15. The monoisotopic (exact) mass is 285 g/mol. The van der Waals surface area contributed by atoms with Crippen LogP contribution < -0.4 is 4.73 Å². The first-order valence-corrected chi connectivity index (χ1v) is 6.66. The summed E-state index contributed by atoms with van der Waals surface area (Å²) in [6, 6.07) is 10.7. The number of hydrogen-bond donors (Lipinski definition) is 0. The van der Waals surface area contributed by atoms with Gasteiger partial charge >= 0.3 is 0 Å². The highest BCUT2D eigenvalue weighted by atomic mass is 35.5. The average Bonchev–Trinajstić information content (AvgIpc) is 2.30. The van der Waals surface area contributed by atoms with Crippen LogP contribution in [0.25, 0.3) is 0 Å². The number of rotatable bonds is 3. The first-order valence-electron chi connectivity index (χ1n) is 4.92. The van der Waals surface area contributed by atoms with E-state index < -0.39 is 0 Å². The quantitative estimate of drug-likeness (QED) is 0.486. The number of thioether (sulfide) groups is 1. The van der Waals surface area contributed by atoms with Crippen molar-refractivity contribution in [3.63, 3.8) is 0 Å². The number of hydrogen-bond acceptors (Lipinski definition) is 2. The van der Waals surface area contributed by atoms with Crippen molar-refractivity contribution in [1.82, 2.24) is 0 Å². The molecule has 0 amide bonds. The van der Waals surface area contributed by atoms with Crippen molar-refractivity contribution < 1.29 is 4.73 Å². The number of nitrogens with zero attached hydrogens (tertiary/aromatic N) is 1. The van der Waals surface area contributed by atoms with Gasteiger partial charge in [-0.25, -0.2) is 0 Å². The van der Waals surface area contributed by atoms with E-state index in [1.54, 1.807) is 24.3 Å². The van der Waals surface area contributed by atoms with E-state index in [4.69, 9.17) is 23.2 Å². The summed E-state index contributed by atoms with van der Waals surface area (Å²) in [7, 11) is 0. The number of benzene rings is 1. The predicted octanol–water partition coefficient (Wildman–Crippen LogP) is 3.92. The third-order valence-electron chi connectivity index (χ3n) is 2.18. The van der Waals surface area contributed by atoms with Gasteiger partial charge in [-0.15, -0.1) is 0 Å². The summed E-state index contributed by atoms with van der Waals surface area (Å²) in [6.45, 7) is 0. The standard InChI is InChI=1S/C12H9Cl2NOS/c13-10-5-4-9(11(14)7-10)8-17-12-3-1-2-6-15(12)16/h1-7H,8H2. The Hall–Kier alpha value is -0.900. The lowest BCUT2D eigenvalue weighted by molar-refractivity contribution is -0.645. The molecule has 0 atom stereocenters. The zero-order chi connectivity index (χ0) is 12.3. The Bertz CT molecular complexity index is 534. The maximum Gasteiger partial charge on any atom is 0.251 e. The molecular weight excluding hydrogens is 277 g/mol. The van der Waals surface area contributed by atoms with Crippen LogP contribution in [0.15, 0.2) is 47.6 Å². The molecule has 0 fully saturated rings. The van der Waals surface area contributed by atoms with Crippen LogP contribution >= 0.6 is 35.0 Å². The summed E-state index contributed by atoms with van der Waals surface area (Å²) in [4.78, 5) is 0. The Balaban J connectivity index is 2.10. The highest BCUT2D eigenvalue weighted by molar-refractivity contribution is 7.98. The first-order chi connectivity index (χ1) is 8.16. The van der Waals surface area contributed by atoms with E-state index in [-0.39, 0.29) is 0 Å². The van der Waals surface area contributed by atoms with Crippen LogP contribution in [0.2, 0.25) is 10.0 Å². The van der Waals surface area contributed by atoms with Crippen LogP contribution in [-0.4, -0.2) is 0 Å². The molecule has 88 valence electrons. The Morgan fingerprint density at radius 2 is 2.00 bits per heavy atom. The second-order valence-corrected chi connectivity index (χ2v) is 5.23. The molecule has 17 heavy (non-hydrogen) atoms. The highest BCUT2D eigenvalue weighted by Crippen LogP contribution is 2.26. The van der Waals surface area contributed by atoms with Crippen LogP contribution in [0.1, 0.15) is 5.56 Å². The molecule has 0 bridgehead atoms. The summed E-state index contributed by atoms with van der Waals surface area (Å²) >= 11 is 13.3. The zero-order valence-corrected chi connectivity index (χ0v) is 11.1. The number of pyridine rings is 1. The van der Waals surface area contributed by atoms with Crippen LogP contribution in [0.5, 0.6) is 0 Å². The lowest BCUT2D eigenvalue weighted by Crippen LogP contribution is -2.27. The topological polar surface area (TPSA) is 26.9 Å². The van der Waals surface area contributed by atoms with Gasteiger partial charge in [-0.1, -0.05) is 41.0 Å². The van der Waals surface area contributed by atoms with E-state index in [0.29, 0.717) is 20.8 Å². The molecule has 0 N–H and O–H groups in total. The molecule has 0 saturated heterocycles. The SMILES string of the molecule is [O-][n+]1ccccc1SCc1ccc(Cl)cc1Cl. The average molecular weight is 286 g/mol. The normalized spacial score (nSPS) is 10.5. The third-order valence-corrected chi connectivity index (χ3v) is 3.83. The Morgan fingerprint density at radius 3 is 2.71 bits per heavy atom. The van der Waals surface area contributed by atoms with Crippen molar-refractivity contribution in [2.45, 2.75) is 10.8 Å². The molecule has 2 rings (SSSR count). The summed E-state index contributed by atoms with van der Waals surface area (Å²) in [5.41, 5.74) is 0.963. The van der Waals surface area contributed by atoms with Gasteiger partial charge in [0.2, 0.25) is 0 Å². The van der Waals surface area contributed by atoms with Crippen LogP contribution in [0.3, 0.4) is 0 Å².